The monoisotopic (exact) mass is 380 g/mol. The molecule has 2 atom stereocenters. The first kappa shape index (κ1) is 16.4. The summed E-state index contributed by atoms with van der Waals surface area (Å²) in [4.78, 5) is 16.1. The zero-order valence-corrected chi connectivity index (χ0v) is 15.0. The Kier molecular flexibility index (Phi) is 3.57. The van der Waals surface area contributed by atoms with Gasteiger partial charge in [0, 0.05) is 11.1 Å². The van der Waals surface area contributed by atoms with E-state index in [0.29, 0.717) is 17.3 Å². The Labute approximate surface area is 159 Å². The van der Waals surface area contributed by atoms with Crippen molar-refractivity contribution in [2.75, 3.05) is 0 Å². The van der Waals surface area contributed by atoms with Crippen molar-refractivity contribution in [3.8, 4) is 17.0 Å². The summed E-state index contributed by atoms with van der Waals surface area (Å²) in [6.07, 6.45) is -0.174. The van der Waals surface area contributed by atoms with Crippen molar-refractivity contribution < 1.29 is 19.7 Å². The number of thioether (sulfide) groups is 1. The van der Waals surface area contributed by atoms with Gasteiger partial charge in [-0.25, -0.2) is 4.98 Å². The summed E-state index contributed by atoms with van der Waals surface area (Å²) in [5.41, 5.74) is 1.53. The molecule has 136 valence electrons. The number of hydrogen-bond acceptors (Lipinski definition) is 5. The number of rotatable bonds is 3. The molecule has 0 unspecified atom stereocenters. The first-order chi connectivity index (χ1) is 13.1. The quantitative estimate of drug-likeness (QED) is 0.726. The van der Waals surface area contributed by atoms with Gasteiger partial charge < -0.3 is 14.9 Å². The molecular formula is C20H16N2O4S. The maximum absolute atomic E-state index is 11.9. The Morgan fingerprint density at radius 1 is 1.22 bits per heavy atom. The van der Waals surface area contributed by atoms with Crippen molar-refractivity contribution in [3.05, 3.63) is 65.9 Å². The largest absolute Gasteiger partial charge is 0.487 e. The fourth-order valence-corrected chi connectivity index (χ4v) is 5.23. The normalized spacial score (nSPS) is 22.5. The highest BCUT2D eigenvalue weighted by molar-refractivity contribution is 8.00. The van der Waals surface area contributed by atoms with Crippen molar-refractivity contribution in [1.82, 2.24) is 9.55 Å². The highest BCUT2D eigenvalue weighted by Gasteiger charge is 2.51. The highest BCUT2D eigenvalue weighted by atomic mass is 32.2. The third-order valence-corrected chi connectivity index (χ3v) is 6.29. The number of nitrogens with zero attached hydrogens (tertiary/aromatic N) is 2. The number of ether oxygens (including phenoxy) is 1. The number of aromatic nitrogens is 2. The summed E-state index contributed by atoms with van der Waals surface area (Å²) in [5.74, 6) is -0.222. The maximum Gasteiger partial charge on any atom is 0.304 e. The number of carboxylic acids is 1. The number of benzene rings is 2. The van der Waals surface area contributed by atoms with Crippen LogP contribution in [-0.4, -0.2) is 31.0 Å². The molecule has 7 heteroatoms. The number of carboxylic acid groups (broad SMARTS) is 1. The van der Waals surface area contributed by atoms with Gasteiger partial charge in [0.2, 0.25) is 0 Å². The molecule has 0 spiro atoms. The number of fused-ring (bicyclic) bond motifs is 5. The number of carbonyl (C=O) groups is 1. The molecule has 3 aromatic rings. The molecule has 2 aromatic carbocycles. The van der Waals surface area contributed by atoms with Crippen LogP contribution in [0.25, 0.3) is 11.3 Å². The summed E-state index contributed by atoms with van der Waals surface area (Å²) in [7, 11) is 0. The Hall–Kier alpha value is -2.77. The van der Waals surface area contributed by atoms with Gasteiger partial charge in [0.1, 0.15) is 18.1 Å². The van der Waals surface area contributed by atoms with Crippen LogP contribution < -0.4 is 4.74 Å². The van der Waals surface area contributed by atoms with Gasteiger partial charge in [-0.2, -0.15) is 0 Å². The van der Waals surface area contributed by atoms with E-state index in [9.17, 15) is 15.0 Å². The second-order valence-corrected chi connectivity index (χ2v) is 7.78. The average molecular weight is 380 g/mol. The van der Waals surface area contributed by atoms with E-state index in [0.717, 1.165) is 22.7 Å². The molecule has 2 N–H and O–H groups in total. The van der Waals surface area contributed by atoms with Crippen molar-refractivity contribution in [3.63, 3.8) is 0 Å². The van der Waals surface area contributed by atoms with Gasteiger partial charge in [-0.05, 0) is 12.1 Å². The number of aliphatic carboxylic acids is 1. The summed E-state index contributed by atoms with van der Waals surface area (Å²) < 4.78 is 7.58. The van der Waals surface area contributed by atoms with Crippen molar-refractivity contribution in [2.24, 2.45) is 0 Å². The van der Waals surface area contributed by atoms with Crippen LogP contribution in [-0.2, 0) is 17.1 Å². The topological polar surface area (TPSA) is 84.6 Å². The molecular weight excluding hydrogens is 364 g/mol. The van der Waals surface area contributed by atoms with Gasteiger partial charge in [-0.15, -0.1) is 0 Å². The van der Waals surface area contributed by atoms with Gasteiger partial charge in [-0.1, -0.05) is 54.2 Å². The third kappa shape index (κ3) is 2.32. The molecule has 1 aromatic heterocycles. The lowest BCUT2D eigenvalue weighted by molar-refractivity contribution is -0.138. The predicted octanol–water partition coefficient (Wildman–Crippen LogP) is 3.08. The Bertz CT molecular complexity index is 1050. The number of aliphatic hydroxyl groups is 1. The van der Waals surface area contributed by atoms with Gasteiger partial charge in [0.05, 0.1) is 17.4 Å². The van der Waals surface area contributed by atoms with E-state index in [1.54, 1.807) is 4.57 Å². The average Bonchev–Trinajstić information content (AvgIpc) is 3.17. The van der Waals surface area contributed by atoms with Crippen LogP contribution in [0.15, 0.2) is 59.8 Å². The summed E-state index contributed by atoms with van der Waals surface area (Å²) in [6.45, 7) is 0.321. The first-order valence-electron chi connectivity index (χ1n) is 8.59. The lowest BCUT2D eigenvalue weighted by atomic mass is 9.95. The van der Waals surface area contributed by atoms with Crippen molar-refractivity contribution in [1.29, 1.82) is 0 Å². The fraction of sp³-hybridized carbons (Fsp3) is 0.200. The minimum Gasteiger partial charge on any atom is -0.487 e. The maximum atomic E-state index is 11.9. The van der Waals surface area contributed by atoms with E-state index >= 15 is 0 Å². The van der Waals surface area contributed by atoms with Crippen LogP contribution in [0.4, 0.5) is 0 Å². The molecule has 0 fully saturated rings. The molecule has 0 amide bonds. The highest BCUT2D eigenvalue weighted by Crippen LogP contribution is 2.52. The van der Waals surface area contributed by atoms with Gasteiger partial charge in [0.15, 0.2) is 10.9 Å². The molecule has 3 heterocycles. The molecule has 0 aliphatic carbocycles. The molecule has 2 aliphatic rings. The van der Waals surface area contributed by atoms with Crippen LogP contribution in [0.5, 0.6) is 5.75 Å². The SMILES string of the molecule is O=C(O)C[C@@H]1Sc2nc3c(n2[C@@]1(O)c1ccccc1)-c1ccccc1OC3. The summed E-state index contributed by atoms with van der Waals surface area (Å²) >= 11 is 1.30. The van der Waals surface area contributed by atoms with E-state index < -0.39 is 16.9 Å². The van der Waals surface area contributed by atoms with Crippen LogP contribution in [0.3, 0.4) is 0 Å². The third-order valence-electron chi connectivity index (χ3n) is 5.02. The van der Waals surface area contributed by atoms with Crippen molar-refractivity contribution in [2.45, 2.75) is 29.2 Å². The Morgan fingerprint density at radius 3 is 2.74 bits per heavy atom. The van der Waals surface area contributed by atoms with E-state index in [1.807, 2.05) is 54.6 Å². The van der Waals surface area contributed by atoms with Crippen LogP contribution in [0, 0.1) is 0 Å². The minimum absolute atomic E-state index is 0.174. The number of hydrogen-bond donors (Lipinski definition) is 2. The van der Waals surface area contributed by atoms with E-state index in [1.165, 1.54) is 11.8 Å². The minimum atomic E-state index is -1.51. The van der Waals surface area contributed by atoms with Gasteiger partial charge in [-0.3, -0.25) is 9.36 Å². The summed E-state index contributed by atoms with van der Waals surface area (Å²) in [5, 5.41) is 21.3. The van der Waals surface area contributed by atoms with Gasteiger partial charge >= 0.3 is 5.97 Å². The smallest absolute Gasteiger partial charge is 0.304 e. The molecule has 5 rings (SSSR count). The molecule has 0 saturated heterocycles. The molecule has 2 aliphatic heterocycles. The number of imidazole rings is 1. The van der Waals surface area contributed by atoms with E-state index in [4.69, 9.17) is 4.74 Å². The molecule has 0 saturated carbocycles. The zero-order valence-electron chi connectivity index (χ0n) is 14.2. The molecule has 0 radical (unpaired) electrons. The Morgan fingerprint density at radius 2 is 1.96 bits per heavy atom. The van der Waals surface area contributed by atoms with Crippen molar-refractivity contribution >= 4 is 17.7 Å². The lowest BCUT2D eigenvalue weighted by Gasteiger charge is -2.33. The van der Waals surface area contributed by atoms with Crippen LogP contribution in [0.2, 0.25) is 0 Å². The first-order valence-corrected chi connectivity index (χ1v) is 9.47. The number of para-hydroxylation sites is 1. The fourth-order valence-electron chi connectivity index (χ4n) is 3.84. The van der Waals surface area contributed by atoms with Crippen LogP contribution in [0.1, 0.15) is 17.7 Å². The second-order valence-electron chi connectivity index (χ2n) is 6.61. The molecule has 27 heavy (non-hydrogen) atoms. The molecule has 6 nitrogen and oxygen atoms in total. The molecule has 0 bridgehead atoms. The van der Waals surface area contributed by atoms with E-state index in [-0.39, 0.29) is 6.42 Å². The second kappa shape index (κ2) is 5.87. The predicted molar refractivity (Wildman–Crippen MR) is 99.6 cm³/mol. The lowest BCUT2D eigenvalue weighted by Crippen LogP contribution is -2.42. The van der Waals surface area contributed by atoms with Gasteiger partial charge in [0.25, 0.3) is 0 Å². The van der Waals surface area contributed by atoms with E-state index in [2.05, 4.69) is 4.98 Å². The Balaban J connectivity index is 1.77. The standard InChI is InChI=1S/C20H16N2O4S/c23-17(24)10-16-20(25,12-6-2-1-3-7-12)22-18-13-8-4-5-9-15(13)26-11-14(18)21-19(22)27-16/h1-9,16,25H,10-11H2,(H,23,24)/t16-,20+/m0/s1. The summed E-state index contributed by atoms with van der Waals surface area (Å²) in [6, 6.07) is 16.8. The zero-order chi connectivity index (χ0) is 18.6. The van der Waals surface area contributed by atoms with Crippen LogP contribution >= 0.6 is 11.8 Å².